The van der Waals surface area contributed by atoms with Gasteiger partial charge < -0.3 is 9.52 Å². The summed E-state index contributed by atoms with van der Waals surface area (Å²) in [6.45, 7) is -0.128. The lowest BCUT2D eigenvalue weighted by atomic mass is 10.2. The maximum Gasteiger partial charge on any atom is 0.247 e. The van der Waals surface area contributed by atoms with Crippen LogP contribution in [0.2, 0.25) is 5.02 Å². The molecule has 0 saturated carbocycles. The van der Waals surface area contributed by atoms with Gasteiger partial charge in [-0.3, -0.25) is 0 Å². The van der Waals surface area contributed by atoms with Crippen molar-refractivity contribution in [1.82, 2.24) is 10.2 Å². The second kappa shape index (κ2) is 4.42. The molecule has 2 aromatic rings. The van der Waals surface area contributed by atoms with E-state index in [9.17, 15) is 0 Å². The van der Waals surface area contributed by atoms with Gasteiger partial charge in [0.2, 0.25) is 11.8 Å². The zero-order valence-electron chi connectivity index (χ0n) is 7.72. The Morgan fingerprint density at radius 3 is 3.00 bits per heavy atom. The molecule has 2 rings (SSSR count). The van der Waals surface area contributed by atoms with Crippen molar-refractivity contribution in [1.29, 1.82) is 0 Å². The Morgan fingerprint density at radius 2 is 2.27 bits per heavy atom. The van der Waals surface area contributed by atoms with E-state index in [-0.39, 0.29) is 6.61 Å². The van der Waals surface area contributed by atoms with Crippen LogP contribution in [0.1, 0.15) is 5.89 Å². The molecule has 0 aliphatic rings. The van der Waals surface area contributed by atoms with Crippen LogP contribution in [0.4, 0.5) is 0 Å². The van der Waals surface area contributed by atoms with Crippen molar-refractivity contribution in [2.75, 3.05) is 6.61 Å². The van der Waals surface area contributed by atoms with Gasteiger partial charge in [-0.1, -0.05) is 17.7 Å². The fourth-order valence-electron chi connectivity index (χ4n) is 1.13. The largest absolute Gasteiger partial charge is 0.420 e. The molecule has 0 atom stereocenters. The lowest BCUT2D eigenvalue weighted by Crippen LogP contribution is -1.85. The number of benzene rings is 1. The van der Waals surface area contributed by atoms with E-state index >= 15 is 0 Å². The first-order chi connectivity index (χ1) is 7.29. The summed E-state index contributed by atoms with van der Waals surface area (Å²) in [5.74, 6) is 0.685. The molecular weight excluding hydrogens is 216 g/mol. The van der Waals surface area contributed by atoms with Crippen LogP contribution in [0.25, 0.3) is 11.5 Å². The normalized spacial score (nSPS) is 10.5. The van der Waals surface area contributed by atoms with Crippen LogP contribution in [-0.2, 0) is 0 Å². The fourth-order valence-corrected chi connectivity index (χ4v) is 1.32. The highest BCUT2D eigenvalue weighted by Gasteiger charge is 2.08. The summed E-state index contributed by atoms with van der Waals surface area (Å²) in [4.78, 5) is 0. The highest BCUT2D eigenvalue weighted by atomic mass is 35.5. The molecular formula is C10H8ClN2O2. The van der Waals surface area contributed by atoms with E-state index in [1.54, 1.807) is 18.2 Å². The van der Waals surface area contributed by atoms with Gasteiger partial charge >= 0.3 is 0 Å². The molecule has 1 aromatic heterocycles. The Hall–Kier alpha value is -1.39. The molecule has 0 bridgehead atoms. The number of halogens is 1. The Bertz CT molecular complexity index is 456. The summed E-state index contributed by atoms with van der Waals surface area (Å²) in [6, 6.07) is 7.12. The summed E-state index contributed by atoms with van der Waals surface area (Å²) >= 11 is 5.83. The molecule has 1 heterocycles. The zero-order chi connectivity index (χ0) is 10.7. The number of nitrogens with zero attached hydrogens (tertiary/aromatic N) is 2. The van der Waals surface area contributed by atoms with E-state index < -0.39 is 0 Å². The van der Waals surface area contributed by atoms with Crippen molar-refractivity contribution in [3.8, 4) is 11.5 Å². The average Bonchev–Trinajstić information content (AvgIpc) is 2.67. The van der Waals surface area contributed by atoms with Crippen molar-refractivity contribution in [3.05, 3.63) is 41.6 Å². The Kier molecular flexibility index (Phi) is 2.99. The fraction of sp³-hybridized carbons (Fsp3) is 0.100. The van der Waals surface area contributed by atoms with Crippen LogP contribution in [0, 0.1) is 6.42 Å². The van der Waals surface area contributed by atoms with Gasteiger partial charge in [-0.25, -0.2) is 0 Å². The van der Waals surface area contributed by atoms with Crippen LogP contribution in [0.5, 0.6) is 0 Å². The molecule has 0 aliphatic carbocycles. The molecule has 15 heavy (non-hydrogen) atoms. The molecule has 0 aliphatic heterocycles. The van der Waals surface area contributed by atoms with E-state index in [1.807, 2.05) is 6.07 Å². The quantitative estimate of drug-likeness (QED) is 0.864. The molecule has 0 saturated heterocycles. The van der Waals surface area contributed by atoms with Gasteiger partial charge in [0.1, 0.15) is 0 Å². The average molecular weight is 224 g/mol. The molecule has 4 nitrogen and oxygen atoms in total. The number of rotatable bonds is 3. The molecule has 77 valence electrons. The van der Waals surface area contributed by atoms with Crippen molar-refractivity contribution in [3.63, 3.8) is 0 Å². The second-order valence-electron chi connectivity index (χ2n) is 2.84. The van der Waals surface area contributed by atoms with E-state index in [0.717, 1.165) is 5.56 Å². The topological polar surface area (TPSA) is 59.2 Å². The van der Waals surface area contributed by atoms with Gasteiger partial charge in [-0.2, -0.15) is 0 Å². The third-order valence-corrected chi connectivity index (χ3v) is 2.01. The summed E-state index contributed by atoms with van der Waals surface area (Å²) < 4.78 is 5.27. The second-order valence-corrected chi connectivity index (χ2v) is 3.28. The van der Waals surface area contributed by atoms with Crippen molar-refractivity contribution >= 4 is 11.6 Å². The van der Waals surface area contributed by atoms with Crippen molar-refractivity contribution < 1.29 is 9.52 Å². The standard InChI is InChI=1S/C10H8ClN2O2/c11-8-3-1-2-7(6-8)10-13-12-9(15-10)4-5-14/h1-4,6,14H,5H2. The van der Waals surface area contributed by atoms with Gasteiger partial charge in [-0.05, 0) is 18.2 Å². The van der Waals surface area contributed by atoms with Crippen LogP contribution in [0.3, 0.4) is 0 Å². The monoisotopic (exact) mass is 223 g/mol. The minimum absolute atomic E-state index is 0.128. The molecule has 1 N–H and O–H groups in total. The highest BCUT2D eigenvalue weighted by Crippen LogP contribution is 2.21. The highest BCUT2D eigenvalue weighted by molar-refractivity contribution is 6.30. The molecule has 0 amide bonds. The summed E-state index contributed by atoms with van der Waals surface area (Å²) in [6.07, 6.45) is 1.43. The molecule has 1 aromatic carbocycles. The minimum Gasteiger partial charge on any atom is -0.420 e. The number of hydrogen-bond donors (Lipinski definition) is 1. The first-order valence-electron chi connectivity index (χ1n) is 4.33. The van der Waals surface area contributed by atoms with E-state index in [2.05, 4.69) is 10.2 Å². The van der Waals surface area contributed by atoms with Gasteiger partial charge in [-0.15, -0.1) is 10.2 Å². The summed E-state index contributed by atoms with van der Waals surface area (Å²) in [5.41, 5.74) is 0.757. The number of hydrogen-bond acceptors (Lipinski definition) is 4. The molecule has 0 fully saturated rings. The van der Waals surface area contributed by atoms with E-state index in [1.165, 1.54) is 6.42 Å². The SMILES string of the molecule is OC[CH]c1nnc(-c2cccc(Cl)c2)o1. The van der Waals surface area contributed by atoms with Crippen LogP contribution >= 0.6 is 11.6 Å². The van der Waals surface area contributed by atoms with Crippen molar-refractivity contribution in [2.24, 2.45) is 0 Å². The number of aromatic nitrogens is 2. The Labute approximate surface area is 91.5 Å². The summed E-state index contributed by atoms with van der Waals surface area (Å²) in [7, 11) is 0. The van der Waals surface area contributed by atoms with Gasteiger partial charge in [0, 0.05) is 10.6 Å². The van der Waals surface area contributed by atoms with Gasteiger partial charge in [0.05, 0.1) is 13.0 Å². The Balaban J connectivity index is 2.29. The maximum atomic E-state index is 8.64. The van der Waals surface area contributed by atoms with Gasteiger partial charge in [0.25, 0.3) is 0 Å². The predicted octanol–water partition coefficient (Wildman–Crippen LogP) is 1.93. The van der Waals surface area contributed by atoms with E-state index in [0.29, 0.717) is 16.8 Å². The number of aliphatic hydroxyl groups is 1. The maximum absolute atomic E-state index is 8.64. The van der Waals surface area contributed by atoms with Crippen molar-refractivity contribution in [2.45, 2.75) is 0 Å². The lowest BCUT2D eigenvalue weighted by Gasteiger charge is -1.94. The first kappa shape index (κ1) is 10.1. The Morgan fingerprint density at radius 1 is 1.40 bits per heavy atom. The first-order valence-corrected chi connectivity index (χ1v) is 4.71. The third-order valence-electron chi connectivity index (χ3n) is 1.78. The van der Waals surface area contributed by atoms with Crippen LogP contribution < -0.4 is 0 Å². The minimum atomic E-state index is -0.128. The summed E-state index contributed by atoms with van der Waals surface area (Å²) in [5, 5.41) is 16.8. The zero-order valence-corrected chi connectivity index (χ0v) is 8.48. The number of aliphatic hydroxyl groups excluding tert-OH is 1. The van der Waals surface area contributed by atoms with Crippen LogP contribution in [0.15, 0.2) is 28.7 Å². The third kappa shape index (κ3) is 2.34. The van der Waals surface area contributed by atoms with Gasteiger partial charge in [0.15, 0.2) is 0 Å². The molecule has 0 unspecified atom stereocenters. The van der Waals surface area contributed by atoms with Crippen LogP contribution in [-0.4, -0.2) is 21.9 Å². The predicted molar refractivity (Wildman–Crippen MR) is 55.2 cm³/mol. The molecule has 0 spiro atoms. The molecule has 1 radical (unpaired) electrons. The smallest absolute Gasteiger partial charge is 0.247 e. The molecule has 5 heteroatoms. The van der Waals surface area contributed by atoms with E-state index in [4.69, 9.17) is 21.1 Å². The lowest BCUT2D eigenvalue weighted by molar-refractivity contribution is 0.323.